The molecule has 1 nitrogen and oxygen atoms in total. The van der Waals surface area contributed by atoms with Crippen molar-refractivity contribution in [2.45, 2.75) is 40.2 Å². The lowest BCUT2D eigenvalue weighted by atomic mass is 9.96. The molecule has 1 atom stereocenters. The van der Waals surface area contributed by atoms with Crippen LogP contribution in [-0.2, 0) is 0 Å². The third kappa shape index (κ3) is 2.82. The van der Waals surface area contributed by atoms with Gasteiger partial charge in [-0.3, -0.25) is 0 Å². The van der Waals surface area contributed by atoms with Crippen LogP contribution in [0.25, 0.3) is 0 Å². The fraction of sp³-hybridized carbons (Fsp3) is 0.667. The Morgan fingerprint density at radius 3 is 2.50 bits per heavy atom. The molecule has 0 saturated carbocycles. The van der Waals surface area contributed by atoms with Gasteiger partial charge in [0, 0.05) is 6.04 Å². The highest BCUT2D eigenvalue weighted by Crippen LogP contribution is 2.27. The molecule has 0 spiro atoms. The summed E-state index contributed by atoms with van der Waals surface area (Å²) in [5.41, 5.74) is 2.91. The maximum absolute atomic E-state index is 3.62. The second-order valence-corrected chi connectivity index (χ2v) is 4.93. The van der Waals surface area contributed by atoms with Crippen molar-refractivity contribution in [3.63, 3.8) is 0 Å². The van der Waals surface area contributed by atoms with Gasteiger partial charge in [0.25, 0.3) is 0 Å². The molecule has 0 aliphatic heterocycles. The SMILES string of the molecule is CCCNC(c1cscc1C)C(C)C. The van der Waals surface area contributed by atoms with Crippen LogP contribution in [-0.4, -0.2) is 6.54 Å². The summed E-state index contributed by atoms with van der Waals surface area (Å²) in [6.07, 6.45) is 1.20. The van der Waals surface area contributed by atoms with Crippen LogP contribution in [0.1, 0.15) is 44.4 Å². The Morgan fingerprint density at radius 2 is 2.07 bits per heavy atom. The first kappa shape index (κ1) is 11.7. The second kappa shape index (κ2) is 5.52. The monoisotopic (exact) mass is 211 g/mol. The molecule has 0 radical (unpaired) electrons. The third-order valence-corrected chi connectivity index (χ3v) is 3.39. The van der Waals surface area contributed by atoms with Gasteiger partial charge in [-0.2, -0.15) is 11.3 Å². The third-order valence-electron chi connectivity index (χ3n) is 2.51. The zero-order valence-electron chi connectivity index (χ0n) is 9.63. The molecule has 1 rings (SSSR count). The molecule has 1 unspecified atom stereocenters. The van der Waals surface area contributed by atoms with Gasteiger partial charge in [-0.1, -0.05) is 20.8 Å². The molecule has 1 aromatic rings. The lowest BCUT2D eigenvalue weighted by Crippen LogP contribution is -2.26. The zero-order chi connectivity index (χ0) is 10.6. The maximum Gasteiger partial charge on any atom is 0.0354 e. The molecule has 0 aliphatic carbocycles. The highest BCUT2D eigenvalue weighted by Gasteiger charge is 2.16. The van der Waals surface area contributed by atoms with Gasteiger partial charge < -0.3 is 5.32 Å². The Kier molecular flexibility index (Phi) is 4.63. The van der Waals surface area contributed by atoms with Crippen molar-refractivity contribution in [2.24, 2.45) is 5.92 Å². The molecule has 1 N–H and O–H groups in total. The average Bonchev–Trinajstić information content (AvgIpc) is 2.52. The van der Waals surface area contributed by atoms with Crippen LogP contribution in [0.2, 0.25) is 0 Å². The molecule has 80 valence electrons. The predicted octanol–water partition coefficient (Wildman–Crippen LogP) is 3.75. The quantitative estimate of drug-likeness (QED) is 0.782. The van der Waals surface area contributed by atoms with Crippen LogP contribution in [0.4, 0.5) is 0 Å². The van der Waals surface area contributed by atoms with E-state index < -0.39 is 0 Å². The zero-order valence-corrected chi connectivity index (χ0v) is 10.4. The lowest BCUT2D eigenvalue weighted by molar-refractivity contribution is 0.412. The number of hydrogen-bond acceptors (Lipinski definition) is 2. The van der Waals surface area contributed by atoms with Crippen LogP contribution in [0, 0.1) is 12.8 Å². The first-order valence-corrected chi connectivity index (χ1v) is 6.37. The Bertz CT molecular complexity index is 265. The van der Waals surface area contributed by atoms with E-state index in [0.29, 0.717) is 12.0 Å². The van der Waals surface area contributed by atoms with Crippen LogP contribution in [0.3, 0.4) is 0 Å². The van der Waals surface area contributed by atoms with E-state index >= 15 is 0 Å². The molecule has 1 heterocycles. The fourth-order valence-electron chi connectivity index (χ4n) is 1.69. The van der Waals surface area contributed by atoms with E-state index in [-0.39, 0.29) is 0 Å². The normalized spacial score (nSPS) is 13.5. The Balaban J connectivity index is 2.73. The van der Waals surface area contributed by atoms with Crippen molar-refractivity contribution in [1.29, 1.82) is 0 Å². The highest BCUT2D eigenvalue weighted by molar-refractivity contribution is 7.08. The van der Waals surface area contributed by atoms with Gasteiger partial charge in [0.05, 0.1) is 0 Å². The molecule has 0 aromatic carbocycles. The predicted molar refractivity (Wildman–Crippen MR) is 64.9 cm³/mol. The molecule has 0 amide bonds. The molecule has 14 heavy (non-hydrogen) atoms. The first-order chi connectivity index (χ1) is 6.66. The maximum atomic E-state index is 3.62. The summed E-state index contributed by atoms with van der Waals surface area (Å²) in [7, 11) is 0. The molecular formula is C12H21NS. The summed E-state index contributed by atoms with van der Waals surface area (Å²) in [5.74, 6) is 0.662. The van der Waals surface area contributed by atoms with Crippen molar-refractivity contribution in [2.75, 3.05) is 6.54 Å². The van der Waals surface area contributed by atoms with E-state index in [0.717, 1.165) is 6.54 Å². The number of aryl methyl sites for hydroxylation is 1. The van der Waals surface area contributed by atoms with E-state index in [9.17, 15) is 0 Å². The number of thiophene rings is 1. The summed E-state index contributed by atoms with van der Waals surface area (Å²) in [6.45, 7) is 10.1. The molecule has 2 heteroatoms. The first-order valence-electron chi connectivity index (χ1n) is 5.42. The van der Waals surface area contributed by atoms with Gasteiger partial charge in [0.15, 0.2) is 0 Å². The minimum absolute atomic E-state index is 0.529. The number of hydrogen-bond donors (Lipinski definition) is 1. The van der Waals surface area contributed by atoms with Crippen molar-refractivity contribution in [3.8, 4) is 0 Å². The van der Waals surface area contributed by atoms with Crippen molar-refractivity contribution < 1.29 is 0 Å². The van der Waals surface area contributed by atoms with Crippen LogP contribution < -0.4 is 5.32 Å². The van der Waals surface area contributed by atoms with Crippen molar-refractivity contribution >= 4 is 11.3 Å². The number of rotatable bonds is 5. The molecule has 1 aromatic heterocycles. The summed E-state index contributed by atoms with van der Waals surface area (Å²) in [6, 6.07) is 0.529. The van der Waals surface area contributed by atoms with Crippen LogP contribution in [0.15, 0.2) is 10.8 Å². The second-order valence-electron chi connectivity index (χ2n) is 4.19. The average molecular weight is 211 g/mol. The van der Waals surface area contributed by atoms with Crippen molar-refractivity contribution in [3.05, 3.63) is 21.9 Å². The minimum atomic E-state index is 0.529. The standard InChI is InChI=1S/C12H21NS/c1-5-6-13-12(9(2)3)11-8-14-7-10(11)4/h7-9,12-13H,5-6H2,1-4H3. The summed E-state index contributed by atoms with van der Waals surface area (Å²) < 4.78 is 0. The van der Waals surface area contributed by atoms with E-state index in [1.54, 1.807) is 11.3 Å². The molecule has 0 saturated heterocycles. The highest BCUT2D eigenvalue weighted by atomic mass is 32.1. The van der Waals surface area contributed by atoms with Crippen LogP contribution in [0.5, 0.6) is 0 Å². The van der Waals surface area contributed by atoms with Gasteiger partial charge in [-0.25, -0.2) is 0 Å². The van der Waals surface area contributed by atoms with E-state index in [1.165, 1.54) is 17.5 Å². The summed E-state index contributed by atoms with van der Waals surface area (Å²) >= 11 is 1.81. The Morgan fingerprint density at radius 1 is 1.36 bits per heavy atom. The van der Waals surface area contributed by atoms with Crippen molar-refractivity contribution in [1.82, 2.24) is 5.32 Å². The van der Waals surface area contributed by atoms with Gasteiger partial charge in [0.1, 0.15) is 0 Å². The molecule has 0 fully saturated rings. The van der Waals surface area contributed by atoms with Gasteiger partial charge in [-0.15, -0.1) is 0 Å². The smallest absolute Gasteiger partial charge is 0.0354 e. The lowest BCUT2D eigenvalue weighted by Gasteiger charge is -2.22. The topological polar surface area (TPSA) is 12.0 Å². The number of nitrogens with one attached hydrogen (secondary N) is 1. The molecule has 0 aliphatic rings. The Labute approximate surface area is 91.5 Å². The van der Waals surface area contributed by atoms with Gasteiger partial charge >= 0.3 is 0 Å². The largest absolute Gasteiger partial charge is 0.310 e. The Hall–Kier alpha value is -0.340. The molecule has 0 bridgehead atoms. The van der Waals surface area contributed by atoms with Gasteiger partial charge in [-0.05, 0) is 47.7 Å². The minimum Gasteiger partial charge on any atom is -0.310 e. The van der Waals surface area contributed by atoms with Gasteiger partial charge in [0.2, 0.25) is 0 Å². The van der Waals surface area contributed by atoms with E-state index in [4.69, 9.17) is 0 Å². The fourth-order valence-corrected chi connectivity index (χ4v) is 2.58. The van der Waals surface area contributed by atoms with E-state index in [1.807, 2.05) is 0 Å². The summed E-state index contributed by atoms with van der Waals surface area (Å²) in [4.78, 5) is 0. The summed E-state index contributed by atoms with van der Waals surface area (Å²) in [5, 5.41) is 8.13. The van der Waals surface area contributed by atoms with Crippen LogP contribution >= 0.6 is 11.3 Å². The molecular weight excluding hydrogens is 190 g/mol. The van der Waals surface area contributed by atoms with E-state index in [2.05, 4.69) is 43.8 Å².